The number of carbonyl (C=O) groups excluding carboxylic acids is 1. The molecule has 3 aromatic carbocycles. The van der Waals surface area contributed by atoms with E-state index in [9.17, 15) is 9.59 Å². The summed E-state index contributed by atoms with van der Waals surface area (Å²) >= 11 is 4.63. The number of thioether (sulfide) groups is 1. The number of para-hydroxylation sites is 1. The number of benzene rings is 3. The van der Waals surface area contributed by atoms with Crippen molar-refractivity contribution in [3.8, 4) is 5.69 Å². The van der Waals surface area contributed by atoms with E-state index in [4.69, 9.17) is 0 Å². The average Bonchev–Trinajstić information content (AvgIpc) is 2.80. The number of hydrazone groups is 1. The number of carbonyl (C=O) groups is 1. The molecule has 0 atom stereocenters. The highest BCUT2D eigenvalue weighted by molar-refractivity contribution is 9.10. The van der Waals surface area contributed by atoms with Gasteiger partial charge in [0.05, 0.1) is 28.6 Å². The van der Waals surface area contributed by atoms with Crippen LogP contribution in [0.3, 0.4) is 0 Å². The summed E-state index contributed by atoms with van der Waals surface area (Å²) in [4.78, 5) is 30.2. The number of amides is 1. The molecule has 0 aliphatic heterocycles. The van der Waals surface area contributed by atoms with Crippen molar-refractivity contribution in [2.24, 2.45) is 5.10 Å². The first-order chi connectivity index (χ1) is 15.5. The molecule has 0 saturated carbocycles. The first-order valence-electron chi connectivity index (χ1n) is 9.81. The third-order valence-electron chi connectivity index (χ3n) is 4.67. The van der Waals surface area contributed by atoms with E-state index in [1.807, 2.05) is 67.6 Å². The number of rotatable bonds is 6. The number of fused-ring (bicyclic) bond motifs is 1. The number of nitrogens with one attached hydrogen (secondary N) is 1. The Hall–Kier alpha value is -3.23. The molecule has 0 unspecified atom stereocenters. The van der Waals surface area contributed by atoms with Crippen LogP contribution in [0.5, 0.6) is 0 Å². The van der Waals surface area contributed by atoms with Gasteiger partial charge in [0.2, 0.25) is 0 Å². The van der Waals surface area contributed by atoms with Crippen molar-refractivity contribution in [3.63, 3.8) is 0 Å². The SMILES string of the molecule is Cc1ccc(-n2c(SCC(=O)N/N=C/c3ccccc3Br)nc3ccccc3c2=O)cc1. The fourth-order valence-corrected chi connectivity index (χ4v) is 4.24. The van der Waals surface area contributed by atoms with Crippen molar-refractivity contribution in [1.29, 1.82) is 0 Å². The third-order valence-corrected chi connectivity index (χ3v) is 6.33. The summed E-state index contributed by atoms with van der Waals surface area (Å²) < 4.78 is 2.43. The lowest BCUT2D eigenvalue weighted by Gasteiger charge is -2.13. The molecule has 4 aromatic rings. The second-order valence-corrected chi connectivity index (χ2v) is 8.79. The highest BCUT2D eigenvalue weighted by atomic mass is 79.9. The maximum Gasteiger partial charge on any atom is 0.266 e. The molecule has 0 fully saturated rings. The van der Waals surface area contributed by atoms with Gasteiger partial charge in [-0.3, -0.25) is 14.2 Å². The van der Waals surface area contributed by atoms with Crippen LogP contribution < -0.4 is 11.0 Å². The van der Waals surface area contributed by atoms with E-state index >= 15 is 0 Å². The molecule has 8 heteroatoms. The molecule has 0 saturated heterocycles. The van der Waals surface area contributed by atoms with Crippen LogP contribution in [0.15, 0.2) is 92.3 Å². The standard InChI is InChI=1S/C24H19BrN4O2S/c1-16-10-12-18(13-11-16)29-23(31)19-7-3-5-9-21(19)27-24(29)32-15-22(30)28-26-14-17-6-2-4-8-20(17)25/h2-14H,15H2,1H3,(H,28,30)/b26-14+. The lowest BCUT2D eigenvalue weighted by molar-refractivity contribution is -0.118. The van der Waals surface area contributed by atoms with Crippen molar-refractivity contribution in [3.05, 3.63) is 98.7 Å². The lowest BCUT2D eigenvalue weighted by Crippen LogP contribution is -2.24. The van der Waals surface area contributed by atoms with E-state index in [0.717, 1.165) is 15.6 Å². The quantitative estimate of drug-likeness (QED) is 0.178. The van der Waals surface area contributed by atoms with Crippen molar-refractivity contribution in [1.82, 2.24) is 15.0 Å². The van der Waals surface area contributed by atoms with Crippen LogP contribution >= 0.6 is 27.7 Å². The van der Waals surface area contributed by atoms with Crippen LogP contribution in [-0.2, 0) is 4.79 Å². The van der Waals surface area contributed by atoms with Crippen LogP contribution in [0.4, 0.5) is 0 Å². The molecule has 0 spiro atoms. The molecular formula is C24H19BrN4O2S. The van der Waals surface area contributed by atoms with E-state index < -0.39 is 0 Å². The molecule has 0 aliphatic rings. The summed E-state index contributed by atoms with van der Waals surface area (Å²) in [5.74, 6) is -0.236. The van der Waals surface area contributed by atoms with Gasteiger partial charge in [0.25, 0.3) is 11.5 Å². The molecule has 6 nitrogen and oxygen atoms in total. The molecule has 1 amide bonds. The van der Waals surface area contributed by atoms with Crippen molar-refractivity contribution in [2.45, 2.75) is 12.1 Å². The van der Waals surface area contributed by atoms with Gasteiger partial charge in [0, 0.05) is 10.0 Å². The van der Waals surface area contributed by atoms with Crippen LogP contribution in [-0.4, -0.2) is 27.4 Å². The van der Waals surface area contributed by atoms with Crippen LogP contribution in [0.2, 0.25) is 0 Å². The predicted molar refractivity (Wildman–Crippen MR) is 133 cm³/mol. The fourth-order valence-electron chi connectivity index (χ4n) is 3.05. The summed E-state index contributed by atoms with van der Waals surface area (Å²) in [6.07, 6.45) is 1.57. The molecule has 4 rings (SSSR count). The Morgan fingerprint density at radius 3 is 2.59 bits per heavy atom. The molecular weight excluding hydrogens is 488 g/mol. The van der Waals surface area contributed by atoms with E-state index in [-0.39, 0.29) is 17.2 Å². The van der Waals surface area contributed by atoms with Gasteiger partial charge < -0.3 is 0 Å². The van der Waals surface area contributed by atoms with E-state index in [1.54, 1.807) is 22.9 Å². The summed E-state index contributed by atoms with van der Waals surface area (Å²) in [6, 6.07) is 22.4. The minimum Gasteiger partial charge on any atom is -0.272 e. The monoisotopic (exact) mass is 506 g/mol. The van der Waals surface area contributed by atoms with Crippen LogP contribution in [0, 0.1) is 6.92 Å². The van der Waals surface area contributed by atoms with Gasteiger partial charge in [-0.2, -0.15) is 5.10 Å². The van der Waals surface area contributed by atoms with E-state index in [0.29, 0.717) is 21.7 Å². The van der Waals surface area contributed by atoms with Gasteiger partial charge in [-0.25, -0.2) is 10.4 Å². The number of hydrogen-bond donors (Lipinski definition) is 1. The van der Waals surface area contributed by atoms with Gasteiger partial charge in [-0.1, -0.05) is 75.7 Å². The average molecular weight is 507 g/mol. The second kappa shape index (κ2) is 9.93. The first kappa shape index (κ1) is 22.0. The summed E-state index contributed by atoms with van der Waals surface area (Å²) in [7, 11) is 0. The van der Waals surface area contributed by atoms with Gasteiger partial charge in [-0.05, 0) is 37.3 Å². The van der Waals surface area contributed by atoms with Crippen molar-refractivity contribution < 1.29 is 4.79 Å². The van der Waals surface area contributed by atoms with Gasteiger partial charge >= 0.3 is 0 Å². The minimum atomic E-state index is -0.295. The van der Waals surface area contributed by atoms with Gasteiger partial charge in [0.1, 0.15) is 0 Å². The maximum atomic E-state index is 13.2. The van der Waals surface area contributed by atoms with E-state index in [1.165, 1.54) is 11.8 Å². The molecule has 0 radical (unpaired) electrons. The smallest absolute Gasteiger partial charge is 0.266 e. The zero-order valence-corrected chi connectivity index (χ0v) is 19.6. The molecule has 1 heterocycles. The largest absolute Gasteiger partial charge is 0.272 e. The molecule has 0 aliphatic carbocycles. The van der Waals surface area contributed by atoms with Crippen LogP contribution in [0.1, 0.15) is 11.1 Å². The van der Waals surface area contributed by atoms with Crippen molar-refractivity contribution in [2.75, 3.05) is 5.75 Å². The third kappa shape index (κ3) is 4.98. The molecule has 1 N–H and O–H groups in total. The Balaban J connectivity index is 1.57. The Labute approximate surface area is 197 Å². The Bertz CT molecular complexity index is 1370. The Kier molecular flexibility index (Phi) is 6.82. The number of nitrogens with zero attached hydrogens (tertiary/aromatic N) is 3. The second-order valence-electron chi connectivity index (χ2n) is 6.99. The van der Waals surface area contributed by atoms with Gasteiger partial charge in [-0.15, -0.1) is 0 Å². The normalized spacial score (nSPS) is 11.2. The van der Waals surface area contributed by atoms with Crippen LogP contribution in [0.25, 0.3) is 16.6 Å². The molecule has 1 aromatic heterocycles. The Morgan fingerprint density at radius 2 is 1.81 bits per heavy atom. The highest BCUT2D eigenvalue weighted by Gasteiger charge is 2.14. The zero-order valence-electron chi connectivity index (χ0n) is 17.2. The number of hydrogen-bond acceptors (Lipinski definition) is 5. The number of halogens is 1. The maximum absolute atomic E-state index is 13.2. The zero-order chi connectivity index (χ0) is 22.5. The first-order valence-corrected chi connectivity index (χ1v) is 11.6. The Morgan fingerprint density at radius 1 is 1.09 bits per heavy atom. The minimum absolute atomic E-state index is 0.0595. The molecule has 0 bridgehead atoms. The topological polar surface area (TPSA) is 76.3 Å². The van der Waals surface area contributed by atoms with Gasteiger partial charge in [0.15, 0.2) is 5.16 Å². The lowest BCUT2D eigenvalue weighted by atomic mass is 10.2. The molecule has 32 heavy (non-hydrogen) atoms. The predicted octanol–water partition coefficient (Wildman–Crippen LogP) is 4.70. The highest BCUT2D eigenvalue weighted by Crippen LogP contribution is 2.21. The number of aryl methyl sites for hydroxylation is 1. The summed E-state index contributed by atoms with van der Waals surface area (Å²) in [5.41, 5.74) is 5.59. The van der Waals surface area contributed by atoms with E-state index in [2.05, 4.69) is 31.4 Å². The summed E-state index contributed by atoms with van der Waals surface area (Å²) in [6.45, 7) is 1.99. The number of aromatic nitrogens is 2. The van der Waals surface area contributed by atoms with Crippen molar-refractivity contribution >= 4 is 50.7 Å². The molecule has 160 valence electrons. The fraction of sp³-hybridized carbons (Fsp3) is 0.0833. The summed E-state index contributed by atoms with van der Waals surface area (Å²) in [5, 5.41) is 4.99.